The van der Waals surface area contributed by atoms with Gasteiger partial charge in [0.15, 0.2) is 0 Å². The topological polar surface area (TPSA) is 84.6 Å². The number of nitrogens with one attached hydrogen (secondary N) is 1. The smallest absolute Gasteiger partial charge is 0.412 e. The van der Waals surface area contributed by atoms with Crippen LogP contribution < -0.4 is 11.1 Å². The molecule has 2 rings (SSSR count). The number of ether oxygens (including phenoxy) is 1. The van der Waals surface area contributed by atoms with Gasteiger partial charge in [-0.25, -0.2) is 4.79 Å². The van der Waals surface area contributed by atoms with E-state index in [-0.39, 0.29) is 11.2 Å². The fourth-order valence-corrected chi connectivity index (χ4v) is 2.27. The standard InChI is InChI=1S/C16H24N2O3/c1-15(2,3)21-14(20)18-12-8-11(4-5-13(12)19)9-16(10-17)6-7-16/h4-5,8,19H,6-7,9-10,17H2,1-3H3,(H,18,20). The van der Waals surface area contributed by atoms with Gasteiger partial charge in [-0.2, -0.15) is 0 Å². The lowest BCUT2D eigenvalue weighted by molar-refractivity contribution is 0.0635. The number of anilines is 1. The van der Waals surface area contributed by atoms with Crippen LogP contribution in [0.4, 0.5) is 10.5 Å². The zero-order valence-electron chi connectivity index (χ0n) is 12.9. The summed E-state index contributed by atoms with van der Waals surface area (Å²) in [4.78, 5) is 11.8. The van der Waals surface area contributed by atoms with Gasteiger partial charge in [0.2, 0.25) is 0 Å². The van der Waals surface area contributed by atoms with Gasteiger partial charge in [0.05, 0.1) is 5.69 Å². The molecule has 1 aliphatic carbocycles. The monoisotopic (exact) mass is 292 g/mol. The number of rotatable bonds is 4. The fourth-order valence-electron chi connectivity index (χ4n) is 2.27. The van der Waals surface area contributed by atoms with Crippen molar-refractivity contribution in [2.45, 2.75) is 45.6 Å². The number of hydrogen-bond donors (Lipinski definition) is 3. The molecule has 0 aliphatic heterocycles. The Morgan fingerprint density at radius 3 is 2.62 bits per heavy atom. The minimum atomic E-state index is -0.574. The summed E-state index contributed by atoms with van der Waals surface area (Å²) >= 11 is 0. The first-order valence-electron chi connectivity index (χ1n) is 7.25. The number of amides is 1. The Labute approximate surface area is 125 Å². The van der Waals surface area contributed by atoms with Crippen LogP contribution in [-0.2, 0) is 11.2 Å². The average Bonchev–Trinajstić information content (AvgIpc) is 3.11. The van der Waals surface area contributed by atoms with Crippen LogP contribution in [0.15, 0.2) is 18.2 Å². The van der Waals surface area contributed by atoms with Crippen LogP contribution in [0, 0.1) is 5.41 Å². The third-order valence-corrected chi connectivity index (χ3v) is 3.67. The Balaban J connectivity index is 2.07. The normalized spacial score (nSPS) is 16.4. The molecule has 0 atom stereocenters. The van der Waals surface area contributed by atoms with E-state index >= 15 is 0 Å². The van der Waals surface area contributed by atoms with E-state index < -0.39 is 11.7 Å². The summed E-state index contributed by atoms with van der Waals surface area (Å²) in [5.74, 6) is 0.0298. The van der Waals surface area contributed by atoms with E-state index in [0.29, 0.717) is 12.2 Å². The van der Waals surface area contributed by atoms with Gasteiger partial charge in [0.1, 0.15) is 11.4 Å². The molecule has 0 spiro atoms. The molecule has 1 aromatic rings. The highest BCUT2D eigenvalue weighted by Crippen LogP contribution is 2.47. The second-order valence-corrected chi connectivity index (χ2v) is 6.86. The second kappa shape index (κ2) is 5.56. The first-order chi connectivity index (χ1) is 9.73. The van der Waals surface area contributed by atoms with E-state index in [1.165, 1.54) is 0 Å². The maximum Gasteiger partial charge on any atom is 0.412 e. The molecule has 0 unspecified atom stereocenters. The first kappa shape index (κ1) is 15.6. The Hall–Kier alpha value is -1.75. The van der Waals surface area contributed by atoms with Crippen molar-refractivity contribution in [1.82, 2.24) is 0 Å². The van der Waals surface area contributed by atoms with Crippen LogP contribution >= 0.6 is 0 Å². The van der Waals surface area contributed by atoms with E-state index in [9.17, 15) is 9.90 Å². The zero-order valence-corrected chi connectivity index (χ0v) is 12.9. The number of carbonyl (C=O) groups excluding carboxylic acids is 1. The van der Waals surface area contributed by atoms with Crippen molar-refractivity contribution < 1.29 is 14.6 Å². The highest BCUT2D eigenvalue weighted by atomic mass is 16.6. The molecule has 0 radical (unpaired) electrons. The predicted molar refractivity (Wildman–Crippen MR) is 82.4 cm³/mol. The fraction of sp³-hybridized carbons (Fsp3) is 0.562. The minimum Gasteiger partial charge on any atom is -0.506 e. The molecular formula is C16H24N2O3. The van der Waals surface area contributed by atoms with Gasteiger partial charge >= 0.3 is 6.09 Å². The Morgan fingerprint density at radius 1 is 1.43 bits per heavy atom. The van der Waals surface area contributed by atoms with E-state index in [0.717, 1.165) is 24.8 Å². The van der Waals surface area contributed by atoms with Crippen LogP contribution in [0.2, 0.25) is 0 Å². The van der Waals surface area contributed by atoms with Gasteiger partial charge in [0, 0.05) is 0 Å². The first-order valence-corrected chi connectivity index (χ1v) is 7.25. The Bertz CT molecular complexity index is 531. The number of phenolic OH excluding ortho intramolecular Hbond substituents is 1. The summed E-state index contributed by atoms with van der Waals surface area (Å²) < 4.78 is 5.19. The third kappa shape index (κ3) is 4.36. The Kier molecular flexibility index (Phi) is 4.14. The van der Waals surface area contributed by atoms with Crippen molar-refractivity contribution in [2.24, 2.45) is 11.1 Å². The summed E-state index contributed by atoms with van der Waals surface area (Å²) in [7, 11) is 0. The number of phenols is 1. The summed E-state index contributed by atoms with van der Waals surface area (Å²) in [5.41, 5.74) is 6.86. The van der Waals surface area contributed by atoms with Crippen molar-refractivity contribution in [3.05, 3.63) is 23.8 Å². The number of nitrogens with two attached hydrogens (primary N) is 1. The van der Waals surface area contributed by atoms with Crippen molar-refractivity contribution in [1.29, 1.82) is 0 Å². The average molecular weight is 292 g/mol. The summed E-state index contributed by atoms with van der Waals surface area (Å²) in [6, 6.07) is 5.24. The van der Waals surface area contributed by atoms with Crippen molar-refractivity contribution in [3.63, 3.8) is 0 Å². The van der Waals surface area contributed by atoms with Gasteiger partial charge in [-0.05, 0) is 69.7 Å². The van der Waals surface area contributed by atoms with Crippen molar-refractivity contribution >= 4 is 11.8 Å². The van der Waals surface area contributed by atoms with Crippen molar-refractivity contribution in [3.8, 4) is 5.75 Å². The molecule has 116 valence electrons. The lowest BCUT2D eigenvalue weighted by atomic mass is 9.96. The molecule has 0 saturated heterocycles. The molecule has 0 bridgehead atoms. The molecule has 1 aromatic carbocycles. The maximum atomic E-state index is 11.8. The largest absolute Gasteiger partial charge is 0.506 e. The van der Waals surface area contributed by atoms with Crippen LogP contribution in [0.3, 0.4) is 0 Å². The van der Waals surface area contributed by atoms with Crippen LogP contribution in [0.1, 0.15) is 39.2 Å². The SMILES string of the molecule is CC(C)(C)OC(=O)Nc1cc(CC2(CN)CC2)ccc1O. The van der Waals surface area contributed by atoms with Crippen LogP contribution in [0.25, 0.3) is 0 Å². The highest BCUT2D eigenvalue weighted by molar-refractivity contribution is 5.87. The summed E-state index contributed by atoms with van der Waals surface area (Å²) in [6.07, 6.45) is 2.57. The Morgan fingerprint density at radius 2 is 2.10 bits per heavy atom. The lowest BCUT2D eigenvalue weighted by Crippen LogP contribution is -2.27. The molecule has 5 nitrogen and oxygen atoms in total. The molecule has 0 aromatic heterocycles. The summed E-state index contributed by atoms with van der Waals surface area (Å²) in [6.45, 7) is 6.05. The van der Waals surface area contributed by atoms with Gasteiger partial charge < -0.3 is 15.6 Å². The number of aromatic hydroxyl groups is 1. The zero-order chi connectivity index (χ0) is 15.7. The maximum absolute atomic E-state index is 11.8. The van der Waals surface area contributed by atoms with Gasteiger partial charge in [0.25, 0.3) is 0 Å². The molecule has 1 amide bonds. The van der Waals surface area contributed by atoms with E-state index in [4.69, 9.17) is 10.5 Å². The minimum absolute atomic E-state index is 0.0298. The second-order valence-electron chi connectivity index (χ2n) is 6.86. The number of benzene rings is 1. The molecular weight excluding hydrogens is 268 g/mol. The van der Waals surface area contributed by atoms with E-state index in [1.807, 2.05) is 6.07 Å². The van der Waals surface area contributed by atoms with E-state index in [2.05, 4.69) is 5.32 Å². The highest BCUT2D eigenvalue weighted by Gasteiger charge is 2.41. The molecule has 4 N–H and O–H groups in total. The molecule has 5 heteroatoms. The van der Waals surface area contributed by atoms with Crippen LogP contribution in [-0.4, -0.2) is 23.3 Å². The number of carbonyl (C=O) groups is 1. The predicted octanol–water partition coefficient (Wildman–Crippen LogP) is 3.02. The van der Waals surface area contributed by atoms with E-state index in [1.54, 1.807) is 32.9 Å². The van der Waals surface area contributed by atoms with Crippen LogP contribution in [0.5, 0.6) is 5.75 Å². The van der Waals surface area contributed by atoms with Gasteiger partial charge in [-0.15, -0.1) is 0 Å². The molecule has 21 heavy (non-hydrogen) atoms. The van der Waals surface area contributed by atoms with Crippen molar-refractivity contribution in [2.75, 3.05) is 11.9 Å². The lowest BCUT2D eigenvalue weighted by Gasteiger charge is -2.20. The summed E-state index contributed by atoms with van der Waals surface area (Å²) in [5, 5.41) is 12.4. The molecule has 1 fully saturated rings. The molecule has 1 saturated carbocycles. The molecule has 0 heterocycles. The van der Waals surface area contributed by atoms with Gasteiger partial charge in [-0.1, -0.05) is 6.07 Å². The third-order valence-electron chi connectivity index (χ3n) is 3.67. The number of hydrogen-bond acceptors (Lipinski definition) is 4. The quantitative estimate of drug-likeness (QED) is 0.745. The van der Waals surface area contributed by atoms with Gasteiger partial charge in [-0.3, -0.25) is 5.32 Å². The molecule has 1 aliphatic rings.